The van der Waals surface area contributed by atoms with Crippen LogP contribution in [0.5, 0.6) is 5.75 Å². The van der Waals surface area contributed by atoms with Gasteiger partial charge < -0.3 is 19.1 Å². The molecule has 0 spiro atoms. The summed E-state index contributed by atoms with van der Waals surface area (Å²) in [6, 6.07) is 7.77. The molecule has 2 aromatic carbocycles. The zero-order chi connectivity index (χ0) is 21.6. The second kappa shape index (κ2) is 7.60. The summed E-state index contributed by atoms with van der Waals surface area (Å²) in [5.74, 6) is 0.276. The van der Waals surface area contributed by atoms with Gasteiger partial charge in [-0.1, -0.05) is 0 Å². The third-order valence-corrected chi connectivity index (χ3v) is 5.78. The minimum atomic E-state index is -1.18. The van der Waals surface area contributed by atoms with Crippen LogP contribution in [0.3, 0.4) is 0 Å². The fraction of sp³-hybridized carbons (Fsp3) is 0.364. The molecular weight excluding hydrogens is 389 g/mol. The molecule has 0 saturated carbocycles. The number of halogens is 1. The van der Waals surface area contributed by atoms with Crippen molar-refractivity contribution in [2.24, 2.45) is 7.05 Å². The van der Waals surface area contributed by atoms with Crippen molar-refractivity contribution in [1.29, 1.82) is 0 Å². The van der Waals surface area contributed by atoms with Crippen molar-refractivity contribution in [1.82, 2.24) is 9.55 Å². The molecule has 0 radical (unpaired) electrons. The van der Waals surface area contributed by atoms with Crippen LogP contribution in [-0.4, -0.2) is 41.0 Å². The first-order chi connectivity index (χ1) is 14.4. The molecule has 3 aromatic rings. The number of aryl methyl sites for hydroxylation is 2. The minimum absolute atomic E-state index is 0.00716. The SMILES string of the molecule is COC(=O)N1c2ccc3c(nc([C@@H](O)c4cc(F)ccc4OC)n3C)c2CC[C@@H]1C. The van der Waals surface area contributed by atoms with E-state index in [1.807, 2.05) is 19.1 Å². The molecular formula is C22H24FN3O4. The molecule has 0 unspecified atom stereocenters. The molecule has 1 amide bonds. The van der Waals surface area contributed by atoms with Crippen molar-refractivity contribution in [3.8, 4) is 5.75 Å². The van der Waals surface area contributed by atoms with Crippen molar-refractivity contribution in [3.63, 3.8) is 0 Å². The Morgan fingerprint density at radius 3 is 2.77 bits per heavy atom. The van der Waals surface area contributed by atoms with Gasteiger partial charge in [0.15, 0.2) is 0 Å². The van der Waals surface area contributed by atoms with Gasteiger partial charge in [-0.15, -0.1) is 0 Å². The second-order valence-electron chi connectivity index (χ2n) is 7.48. The van der Waals surface area contributed by atoms with E-state index in [0.29, 0.717) is 22.7 Å². The number of methoxy groups -OCH3 is 2. The predicted octanol–water partition coefficient (Wildman–Crippen LogP) is 3.71. The van der Waals surface area contributed by atoms with Crippen LogP contribution in [0.15, 0.2) is 30.3 Å². The largest absolute Gasteiger partial charge is 0.496 e. The number of hydrogen-bond acceptors (Lipinski definition) is 5. The first kappa shape index (κ1) is 20.2. The molecule has 2 atom stereocenters. The Kier molecular flexibility index (Phi) is 5.11. The molecule has 0 aliphatic carbocycles. The van der Waals surface area contributed by atoms with E-state index >= 15 is 0 Å². The Hall–Kier alpha value is -3.13. The number of aliphatic hydroxyl groups is 1. The number of imidazole rings is 1. The number of benzene rings is 2. The van der Waals surface area contributed by atoms with E-state index in [-0.39, 0.29) is 6.04 Å². The van der Waals surface area contributed by atoms with Gasteiger partial charge in [0.2, 0.25) is 0 Å². The van der Waals surface area contributed by atoms with Crippen LogP contribution in [0, 0.1) is 5.82 Å². The average Bonchev–Trinajstić information content (AvgIpc) is 3.09. The number of fused-ring (bicyclic) bond motifs is 3. The first-order valence-corrected chi connectivity index (χ1v) is 9.74. The van der Waals surface area contributed by atoms with E-state index in [0.717, 1.165) is 29.6 Å². The molecule has 0 bridgehead atoms. The number of ether oxygens (including phenoxy) is 2. The Morgan fingerprint density at radius 2 is 2.07 bits per heavy atom. The van der Waals surface area contributed by atoms with Gasteiger partial charge in [0, 0.05) is 24.2 Å². The summed E-state index contributed by atoms with van der Waals surface area (Å²) in [7, 11) is 4.64. The van der Waals surface area contributed by atoms with Crippen LogP contribution in [0.2, 0.25) is 0 Å². The van der Waals surface area contributed by atoms with Crippen LogP contribution in [-0.2, 0) is 18.2 Å². The van der Waals surface area contributed by atoms with Crippen molar-refractivity contribution in [3.05, 3.63) is 53.1 Å². The lowest BCUT2D eigenvalue weighted by atomic mass is 9.96. The van der Waals surface area contributed by atoms with Crippen molar-refractivity contribution in [2.45, 2.75) is 31.9 Å². The quantitative estimate of drug-likeness (QED) is 0.708. The van der Waals surface area contributed by atoms with Crippen LogP contribution in [0.25, 0.3) is 11.0 Å². The molecule has 0 fully saturated rings. The Bertz CT molecular complexity index is 1130. The van der Waals surface area contributed by atoms with E-state index in [4.69, 9.17) is 14.5 Å². The molecule has 30 heavy (non-hydrogen) atoms. The van der Waals surface area contributed by atoms with Gasteiger partial charge in [-0.05, 0) is 50.1 Å². The summed E-state index contributed by atoms with van der Waals surface area (Å²) >= 11 is 0. The summed E-state index contributed by atoms with van der Waals surface area (Å²) in [5.41, 5.74) is 3.51. The standard InChI is InChI=1S/C22H24FN3O4/c1-12-5-7-14-16(26(12)22(28)30-4)8-9-17-19(14)24-21(25(17)2)20(27)15-11-13(23)6-10-18(15)29-3/h6,8-12,20,27H,5,7H2,1-4H3/t12-,20-/m0/s1. The van der Waals surface area contributed by atoms with Crippen molar-refractivity contribution >= 4 is 22.8 Å². The summed E-state index contributed by atoms with van der Waals surface area (Å²) < 4.78 is 25.9. The highest BCUT2D eigenvalue weighted by atomic mass is 19.1. The summed E-state index contributed by atoms with van der Waals surface area (Å²) in [6.45, 7) is 1.98. The zero-order valence-corrected chi connectivity index (χ0v) is 17.3. The normalized spacial score (nSPS) is 17.0. The Labute approximate surface area is 173 Å². The fourth-order valence-electron chi connectivity index (χ4n) is 4.19. The topological polar surface area (TPSA) is 76.8 Å². The van der Waals surface area contributed by atoms with Gasteiger partial charge in [-0.2, -0.15) is 0 Å². The molecule has 158 valence electrons. The summed E-state index contributed by atoms with van der Waals surface area (Å²) in [6.07, 6.45) is -0.0729. The number of aliphatic hydroxyl groups excluding tert-OH is 1. The Morgan fingerprint density at radius 1 is 1.30 bits per heavy atom. The zero-order valence-electron chi connectivity index (χ0n) is 17.3. The van der Waals surface area contributed by atoms with Crippen LogP contribution in [0.4, 0.5) is 14.9 Å². The predicted molar refractivity (Wildman–Crippen MR) is 110 cm³/mol. The molecule has 1 N–H and O–H groups in total. The van der Waals surface area contributed by atoms with E-state index < -0.39 is 18.0 Å². The maximum atomic E-state index is 13.8. The maximum Gasteiger partial charge on any atom is 0.414 e. The van der Waals surface area contributed by atoms with E-state index in [9.17, 15) is 14.3 Å². The summed E-state index contributed by atoms with van der Waals surface area (Å²) in [4.78, 5) is 18.7. The molecule has 1 aliphatic rings. The van der Waals surface area contributed by atoms with Crippen molar-refractivity contribution < 1.29 is 23.8 Å². The van der Waals surface area contributed by atoms with E-state index in [2.05, 4.69) is 0 Å². The average molecular weight is 413 g/mol. The number of aromatic nitrogens is 2. The van der Waals surface area contributed by atoms with Crippen LogP contribution in [0.1, 0.15) is 36.4 Å². The van der Waals surface area contributed by atoms with Gasteiger partial charge >= 0.3 is 6.09 Å². The molecule has 4 rings (SSSR count). The lowest BCUT2D eigenvalue weighted by Crippen LogP contribution is -2.42. The highest BCUT2D eigenvalue weighted by Crippen LogP contribution is 2.38. The third-order valence-electron chi connectivity index (χ3n) is 5.78. The number of carbonyl (C=O) groups excluding carboxylic acids is 1. The maximum absolute atomic E-state index is 13.8. The number of carbonyl (C=O) groups is 1. The fourth-order valence-corrected chi connectivity index (χ4v) is 4.19. The molecule has 2 heterocycles. The van der Waals surface area contributed by atoms with E-state index in [1.165, 1.54) is 32.4 Å². The van der Waals surface area contributed by atoms with Crippen molar-refractivity contribution in [2.75, 3.05) is 19.1 Å². The van der Waals surface area contributed by atoms with Crippen LogP contribution < -0.4 is 9.64 Å². The third kappa shape index (κ3) is 3.08. The van der Waals surface area contributed by atoms with Gasteiger partial charge in [0.1, 0.15) is 23.5 Å². The molecule has 0 saturated heterocycles. The van der Waals surface area contributed by atoms with Gasteiger partial charge in [-0.3, -0.25) is 4.90 Å². The molecule has 8 heteroatoms. The van der Waals surface area contributed by atoms with Gasteiger partial charge in [0.05, 0.1) is 30.9 Å². The number of anilines is 1. The lowest BCUT2D eigenvalue weighted by molar-refractivity contribution is 0.175. The minimum Gasteiger partial charge on any atom is -0.496 e. The van der Waals surface area contributed by atoms with Gasteiger partial charge in [0.25, 0.3) is 0 Å². The molecule has 7 nitrogen and oxygen atoms in total. The smallest absolute Gasteiger partial charge is 0.414 e. The first-order valence-electron chi connectivity index (χ1n) is 9.74. The molecule has 1 aliphatic heterocycles. The van der Waals surface area contributed by atoms with Gasteiger partial charge in [-0.25, -0.2) is 14.2 Å². The number of hydrogen-bond donors (Lipinski definition) is 1. The Balaban J connectivity index is 1.86. The lowest BCUT2D eigenvalue weighted by Gasteiger charge is -2.34. The summed E-state index contributed by atoms with van der Waals surface area (Å²) in [5, 5.41) is 11.0. The second-order valence-corrected chi connectivity index (χ2v) is 7.48. The number of rotatable bonds is 3. The highest BCUT2D eigenvalue weighted by Gasteiger charge is 2.32. The van der Waals surface area contributed by atoms with Crippen LogP contribution >= 0.6 is 0 Å². The highest BCUT2D eigenvalue weighted by molar-refractivity contribution is 5.95. The number of amides is 1. The number of nitrogens with zero attached hydrogens (tertiary/aromatic N) is 3. The molecule has 1 aromatic heterocycles. The van der Waals surface area contributed by atoms with E-state index in [1.54, 1.807) is 16.5 Å². The monoisotopic (exact) mass is 413 g/mol.